The maximum atomic E-state index is 12.5. The zero-order chi connectivity index (χ0) is 20.3. The highest BCUT2D eigenvalue weighted by Crippen LogP contribution is 2.26. The highest BCUT2D eigenvalue weighted by Gasteiger charge is 2.17. The van der Waals surface area contributed by atoms with Crippen molar-refractivity contribution in [3.63, 3.8) is 0 Å². The van der Waals surface area contributed by atoms with Crippen molar-refractivity contribution in [3.8, 4) is 5.75 Å². The summed E-state index contributed by atoms with van der Waals surface area (Å²) >= 11 is 11.7. The molecule has 3 rings (SSSR count). The largest absolute Gasteiger partial charge is 0.504 e. The van der Waals surface area contributed by atoms with Crippen molar-refractivity contribution >= 4 is 50.6 Å². The third kappa shape index (κ3) is 4.53. The maximum absolute atomic E-state index is 12.5. The Morgan fingerprint density at radius 2 is 1.79 bits per heavy atom. The Balaban J connectivity index is 1.82. The lowest BCUT2D eigenvalue weighted by molar-refractivity contribution is 0.102. The lowest BCUT2D eigenvalue weighted by Crippen LogP contribution is -2.15. The fraction of sp³-hybridized carbons (Fsp3) is 0. The number of aromatic hydroxyl groups is 1. The van der Waals surface area contributed by atoms with E-state index in [0.29, 0.717) is 0 Å². The molecule has 1 heterocycles. The van der Waals surface area contributed by atoms with Crippen molar-refractivity contribution in [2.75, 3.05) is 10.0 Å². The molecule has 0 aliphatic carbocycles. The minimum Gasteiger partial charge on any atom is -0.504 e. The second-order valence-electron chi connectivity index (χ2n) is 5.59. The number of carbonyl (C=O) groups is 1. The lowest BCUT2D eigenvalue weighted by Gasteiger charge is -2.11. The highest BCUT2D eigenvalue weighted by atomic mass is 35.5. The van der Waals surface area contributed by atoms with Gasteiger partial charge < -0.3 is 10.4 Å². The topological polar surface area (TPSA) is 108 Å². The van der Waals surface area contributed by atoms with Crippen molar-refractivity contribution in [1.29, 1.82) is 0 Å². The zero-order valence-electron chi connectivity index (χ0n) is 14.1. The van der Waals surface area contributed by atoms with Crippen LogP contribution in [0, 0.1) is 0 Å². The first-order chi connectivity index (χ1) is 13.3. The summed E-state index contributed by atoms with van der Waals surface area (Å²) in [5.41, 5.74) is 0.336. The van der Waals surface area contributed by atoms with Gasteiger partial charge in [-0.25, -0.2) is 13.4 Å². The molecular formula is C18H13Cl2N3O4S. The van der Waals surface area contributed by atoms with Gasteiger partial charge in [0.25, 0.3) is 15.9 Å². The normalized spacial score (nSPS) is 11.1. The molecular weight excluding hydrogens is 425 g/mol. The van der Waals surface area contributed by atoms with Gasteiger partial charge in [0.2, 0.25) is 0 Å². The first-order valence-corrected chi connectivity index (χ1v) is 10.0. The molecule has 0 fully saturated rings. The van der Waals surface area contributed by atoms with Crippen LogP contribution in [0.5, 0.6) is 5.75 Å². The first-order valence-electron chi connectivity index (χ1n) is 7.79. The van der Waals surface area contributed by atoms with Crippen molar-refractivity contribution in [2.45, 2.75) is 4.90 Å². The number of amides is 1. The Bertz CT molecular complexity index is 1150. The summed E-state index contributed by atoms with van der Waals surface area (Å²) in [7, 11) is -3.94. The van der Waals surface area contributed by atoms with Gasteiger partial charge in [-0.2, -0.15) is 0 Å². The van der Waals surface area contributed by atoms with E-state index < -0.39 is 15.9 Å². The predicted molar refractivity (Wildman–Crippen MR) is 108 cm³/mol. The van der Waals surface area contributed by atoms with E-state index in [0.717, 1.165) is 0 Å². The summed E-state index contributed by atoms with van der Waals surface area (Å²) in [5.74, 6) is -0.758. The van der Waals surface area contributed by atoms with Gasteiger partial charge in [0.15, 0.2) is 11.6 Å². The lowest BCUT2D eigenvalue weighted by atomic mass is 10.2. The van der Waals surface area contributed by atoms with E-state index in [9.17, 15) is 18.3 Å². The van der Waals surface area contributed by atoms with Crippen LogP contribution in [0.3, 0.4) is 0 Å². The number of pyridine rings is 1. The SMILES string of the molecule is O=C(Nc1ncccc1O)c1cccc(NS(=O)(=O)c2ccc(Cl)c(Cl)c2)c1. The van der Waals surface area contributed by atoms with Crippen LogP contribution >= 0.6 is 23.2 Å². The van der Waals surface area contributed by atoms with Gasteiger partial charge in [-0.3, -0.25) is 9.52 Å². The van der Waals surface area contributed by atoms with Gasteiger partial charge in [0.1, 0.15) is 0 Å². The quantitative estimate of drug-likeness (QED) is 0.555. The molecule has 0 unspecified atom stereocenters. The van der Waals surface area contributed by atoms with Crippen LogP contribution in [0.15, 0.2) is 65.7 Å². The Morgan fingerprint density at radius 1 is 1.00 bits per heavy atom. The molecule has 0 saturated heterocycles. The summed E-state index contributed by atoms with van der Waals surface area (Å²) in [6, 6.07) is 12.7. The maximum Gasteiger partial charge on any atom is 0.261 e. The summed E-state index contributed by atoms with van der Waals surface area (Å²) in [5, 5.41) is 12.5. The van der Waals surface area contributed by atoms with Crippen LogP contribution < -0.4 is 10.0 Å². The monoisotopic (exact) mass is 437 g/mol. The standard InChI is InChI=1S/C18H13Cl2N3O4S/c19-14-7-6-13(10-15(14)20)28(26,27)23-12-4-1-3-11(9-12)18(25)22-17-16(24)5-2-8-21-17/h1-10,23-24H,(H,21,22,25). The fourth-order valence-corrected chi connectivity index (χ4v) is 3.69. The number of benzene rings is 2. The molecule has 1 aromatic heterocycles. The molecule has 3 N–H and O–H groups in total. The zero-order valence-corrected chi connectivity index (χ0v) is 16.4. The number of hydrogen-bond donors (Lipinski definition) is 3. The summed E-state index contributed by atoms with van der Waals surface area (Å²) in [6.07, 6.45) is 1.41. The predicted octanol–water partition coefficient (Wildman–Crippen LogP) is 4.15. The van der Waals surface area contributed by atoms with E-state index in [1.165, 1.54) is 60.8 Å². The molecule has 7 nitrogen and oxygen atoms in total. The fourth-order valence-electron chi connectivity index (χ4n) is 2.25. The second kappa shape index (κ2) is 8.05. The minimum absolute atomic E-state index is 0.00529. The average molecular weight is 438 g/mol. The summed E-state index contributed by atoms with van der Waals surface area (Å²) in [6.45, 7) is 0. The molecule has 3 aromatic rings. The first kappa shape index (κ1) is 19.9. The van der Waals surface area contributed by atoms with Gasteiger partial charge in [0, 0.05) is 17.4 Å². The molecule has 2 aromatic carbocycles. The molecule has 144 valence electrons. The molecule has 0 spiro atoms. The third-order valence-corrected chi connectivity index (χ3v) is 5.71. The number of hydrogen-bond acceptors (Lipinski definition) is 5. The summed E-state index contributed by atoms with van der Waals surface area (Å²) < 4.78 is 27.4. The van der Waals surface area contributed by atoms with Gasteiger partial charge in [-0.15, -0.1) is 0 Å². The second-order valence-corrected chi connectivity index (χ2v) is 8.08. The minimum atomic E-state index is -3.94. The molecule has 0 aliphatic heterocycles. The molecule has 1 amide bonds. The van der Waals surface area contributed by atoms with E-state index in [2.05, 4.69) is 15.0 Å². The van der Waals surface area contributed by atoms with Crippen LogP contribution in [-0.4, -0.2) is 24.4 Å². The van der Waals surface area contributed by atoms with E-state index in [1.54, 1.807) is 0 Å². The van der Waals surface area contributed by atoms with Crippen LogP contribution in [0.25, 0.3) is 0 Å². The smallest absolute Gasteiger partial charge is 0.261 e. The van der Waals surface area contributed by atoms with E-state index in [1.807, 2.05) is 0 Å². The van der Waals surface area contributed by atoms with Crippen LogP contribution in [0.1, 0.15) is 10.4 Å². The van der Waals surface area contributed by atoms with Crippen molar-refractivity contribution in [2.24, 2.45) is 0 Å². The number of anilines is 2. The van der Waals surface area contributed by atoms with E-state index >= 15 is 0 Å². The average Bonchev–Trinajstić information content (AvgIpc) is 2.65. The van der Waals surface area contributed by atoms with Gasteiger partial charge in [-0.1, -0.05) is 29.3 Å². The van der Waals surface area contributed by atoms with Crippen LogP contribution in [0.2, 0.25) is 10.0 Å². The number of rotatable bonds is 5. The number of nitrogens with one attached hydrogen (secondary N) is 2. The number of halogens is 2. The number of carbonyl (C=O) groups excluding carboxylic acids is 1. The van der Waals surface area contributed by atoms with E-state index in [4.69, 9.17) is 23.2 Å². The van der Waals surface area contributed by atoms with Crippen LogP contribution in [-0.2, 0) is 10.0 Å². The third-order valence-electron chi connectivity index (χ3n) is 3.60. The van der Waals surface area contributed by atoms with Crippen LogP contribution in [0.4, 0.5) is 11.5 Å². The van der Waals surface area contributed by atoms with Crippen molar-refractivity contribution in [1.82, 2.24) is 4.98 Å². The van der Waals surface area contributed by atoms with Gasteiger partial charge >= 0.3 is 0 Å². The molecule has 10 heteroatoms. The number of sulfonamides is 1. The molecule has 0 aliphatic rings. The summed E-state index contributed by atoms with van der Waals surface area (Å²) in [4.78, 5) is 16.2. The van der Waals surface area contributed by atoms with Crippen molar-refractivity contribution < 1.29 is 18.3 Å². The molecule has 28 heavy (non-hydrogen) atoms. The van der Waals surface area contributed by atoms with Crippen molar-refractivity contribution in [3.05, 3.63) is 76.4 Å². The Hall–Kier alpha value is -2.81. The van der Waals surface area contributed by atoms with Gasteiger partial charge in [0.05, 0.1) is 14.9 Å². The number of aromatic nitrogens is 1. The molecule has 0 bridgehead atoms. The Labute approximate surface area is 171 Å². The highest BCUT2D eigenvalue weighted by molar-refractivity contribution is 7.92. The van der Waals surface area contributed by atoms with Gasteiger partial charge in [-0.05, 0) is 48.5 Å². The molecule has 0 saturated carbocycles. The Kier molecular flexibility index (Phi) is 5.73. The molecule has 0 atom stereocenters. The number of nitrogens with zero attached hydrogens (tertiary/aromatic N) is 1. The molecule has 0 radical (unpaired) electrons. The van der Waals surface area contributed by atoms with E-state index in [-0.39, 0.29) is 37.8 Å². The Morgan fingerprint density at radius 3 is 2.50 bits per heavy atom.